The monoisotopic (exact) mass is 255 g/mol. The number of hydrogen-bond acceptors (Lipinski definition) is 7. The molecule has 1 saturated heterocycles. The van der Waals surface area contributed by atoms with Gasteiger partial charge in [0.15, 0.2) is 6.29 Å². The maximum absolute atomic E-state index is 11.5. The van der Waals surface area contributed by atoms with Crippen molar-refractivity contribution in [2.75, 3.05) is 6.61 Å². The van der Waals surface area contributed by atoms with Crippen LogP contribution < -0.4 is 0 Å². The Hall–Kier alpha value is -1.54. The van der Waals surface area contributed by atoms with Crippen molar-refractivity contribution in [3.05, 3.63) is 30.1 Å². The molecule has 0 saturated carbocycles. The van der Waals surface area contributed by atoms with Crippen LogP contribution in [0.15, 0.2) is 24.4 Å². The zero-order valence-corrected chi connectivity index (χ0v) is 9.34. The van der Waals surface area contributed by atoms with E-state index in [4.69, 9.17) is 14.6 Å². The summed E-state index contributed by atoms with van der Waals surface area (Å²) < 4.78 is 9.70. The molecule has 7 nitrogen and oxygen atoms in total. The molecule has 1 aromatic heterocycles. The molecule has 3 N–H and O–H groups in total. The highest BCUT2D eigenvalue weighted by atomic mass is 16.7. The molecule has 1 fully saturated rings. The first-order chi connectivity index (χ1) is 8.59. The number of carbonyl (C=O) groups is 1. The molecule has 1 aliphatic rings. The Balaban J connectivity index is 1.88. The van der Waals surface area contributed by atoms with Crippen molar-refractivity contribution in [2.24, 2.45) is 0 Å². The lowest BCUT2D eigenvalue weighted by molar-refractivity contribution is -0.133. The number of aliphatic hydroxyl groups is 3. The van der Waals surface area contributed by atoms with Gasteiger partial charge in [-0.3, -0.25) is 0 Å². The van der Waals surface area contributed by atoms with E-state index in [1.165, 1.54) is 12.3 Å². The van der Waals surface area contributed by atoms with E-state index < -0.39 is 30.6 Å². The fraction of sp³-hybridized carbons (Fsp3) is 0.455. The average molecular weight is 255 g/mol. The molecule has 2 heterocycles. The number of hydrogen-bond donors (Lipinski definition) is 3. The number of nitrogens with zero attached hydrogens (tertiary/aromatic N) is 1. The molecule has 0 amide bonds. The molecule has 0 bridgehead atoms. The molecular formula is C11H13NO6. The quantitative estimate of drug-likeness (QED) is 0.574. The van der Waals surface area contributed by atoms with Crippen LogP contribution in [0.2, 0.25) is 0 Å². The molecular weight excluding hydrogens is 242 g/mol. The average Bonchev–Trinajstić information content (AvgIpc) is 2.64. The van der Waals surface area contributed by atoms with Gasteiger partial charge in [-0.15, -0.1) is 0 Å². The van der Waals surface area contributed by atoms with Crippen LogP contribution in [0.1, 0.15) is 10.5 Å². The van der Waals surface area contributed by atoms with Gasteiger partial charge in [-0.25, -0.2) is 9.78 Å². The van der Waals surface area contributed by atoms with E-state index in [9.17, 15) is 15.0 Å². The lowest BCUT2D eigenvalue weighted by Crippen LogP contribution is -2.34. The van der Waals surface area contributed by atoms with E-state index >= 15 is 0 Å². The Morgan fingerprint density at radius 3 is 2.67 bits per heavy atom. The first kappa shape index (κ1) is 12.9. The van der Waals surface area contributed by atoms with Gasteiger partial charge in [0.2, 0.25) is 0 Å². The summed E-state index contributed by atoms with van der Waals surface area (Å²) in [6.07, 6.45) is -3.67. The fourth-order valence-corrected chi connectivity index (χ4v) is 1.58. The summed E-state index contributed by atoms with van der Waals surface area (Å²) in [5.41, 5.74) is 0.131. The van der Waals surface area contributed by atoms with Crippen molar-refractivity contribution in [1.29, 1.82) is 0 Å². The molecule has 2 rings (SSSR count). The third-order valence-corrected chi connectivity index (χ3v) is 2.59. The summed E-state index contributed by atoms with van der Waals surface area (Å²) in [7, 11) is 0. The molecule has 0 aromatic carbocycles. The van der Waals surface area contributed by atoms with Crippen molar-refractivity contribution >= 4 is 5.97 Å². The Labute approximate surface area is 103 Å². The third-order valence-electron chi connectivity index (χ3n) is 2.59. The van der Waals surface area contributed by atoms with Gasteiger partial charge in [0.25, 0.3) is 0 Å². The van der Waals surface area contributed by atoms with Crippen molar-refractivity contribution in [3.63, 3.8) is 0 Å². The first-order valence-corrected chi connectivity index (χ1v) is 5.37. The van der Waals surface area contributed by atoms with Crippen molar-refractivity contribution < 1.29 is 29.6 Å². The highest BCUT2D eigenvalue weighted by Gasteiger charge is 2.42. The maximum atomic E-state index is 11.5. The summed E-state index contributed by atoms with van der Waals surface area (Å²) in [6.45, 7) is -0.273. The van der Waals surface area contributed by atoms with Gasteiger partial charge in [0.05, 0.1) is 0 Å². The van der Waals surface area contributed by atoms with Crippen molar-refractivity contribution in [2.45, 2.75) is 24.6 Å². The molecule has 4 unspecified atom stereocenters. The predicted molar refractivity (Wildman–Crippen MR) is 57.4 cm³/mol. The predicted octanol–water partition coefficient (Wildman–Crippen LogP) is -1.32. The number of rotatable bonds is 3. The van der Waals surface area contributed by atoms with Crippen LogP contribution in [0.25, 0.3) is 0 Å². The van der Waals surface area contributed by atoms with E-state index in [0.717, 1.165) is 0 Å². The number of esters is 1. The van der Waals surface area contributed by atoms with Crippen molar-refractivity contribution in [1.82, 2.24) is 4.98 Å². The van der Waals surface area contributed by atoms with Gasteiger partial charge in [-0.05, 0) is 12.1 Å². The van der Waals surface area contributed by atoms with Gasteiger partial charge >= 0.3 is 5.97 Å². The van der Waals surface area contributed by atoms with Crippen LogP contribution in [0, 0.1) is 0 Å². The largest absolute Gasteiger partial charge is 0.458 e. The van der Waals surface area contributed by atoms with E-state index in [1.807, 2.05) is 0 Å². The number of aromatic nitrogens is 1. The summed E-state index contributed by atoms with van der Waals surface area (Å²) in [5.74, 6) is -0.665. The van der Waals surface area contributed by atoms with E-state index in [0.29, 0.717) is 0 Å². The number of carbonyl (C=O) groups excluding carboxylic acids is 1. The number of ether oxygens (including phenoxy) is 2. The Bertz CT molecular complexity index is 411. The van der Waals surface area contributed by atoms with Gasteiger partial charge in [-0.2, -0.15) is 0 Å². The molecule has 4 atom stereocenters. The van der Waals surface area contributed by atoms with Crippen molar-refractivity contribution in [3.8, 4) is 0 Å². The second-order valence-corrected chi connectivity index (χ2v) is 3.86. The zero-order chi connectivity index (χ0) is 13.1. The SMILES string of the molecule is O=C(OCC1OC(O)C(O)C1O)c1ccccn1. The molecule has 18 heavy (non-hydrogen) atoms. The second kappa shape index (κ2) is 5.40. The van der Waals surface area contributed by atoms with E-state index in [-0.39, 0.29) is 12.3 Å². The van der Waals surface area contributed by atoms with Crippen LogP contribution in [-0.4, -0.2) is 57.5 Å². The zero-order valence-electron chi connectivity index (χ0n) is 9.34. The number of aliphatic hydroxyl groups excluding tert-OH is 3. The highest BCUT2D eigenvalue weighted by molar-refractivity contribution is 5.87. The Morgan fingerprint density at radius 2 is 2.11 bits per heavy atom. The summed E-state index contributed by atoms with van der Waals surface area (Å²) in [4.78, 5) is 15.3. The number of pyridine rings is 1. The minimum atomic E-state index is -1.47. The molecule has 0 radical (unpaired) electrons. The molecule has 0 spiro atoms. The lowest BCUT2D eigenvalue weighted by atomic mass is 10.1. The minimum Gasteiger partial charge on any atom is -0.458 e. The lowest BCUT2D eigenvalue weighted by Gasteiger charge is -2.13. The summed E-state index contributed by atoms with van der Waals surface area (Å²) in [6, 6.07) is 4.78. The van der Waals surface area contributed by atoms with Crippen LogP contribution in [0.5, 0.6) is 0 Å². The molecule has 1 aliphatic heterocycles. The summed E-state index contributed by atoms with van der Waals surface area (Å²) in [5, 5.41) is 27.8. The van der Waals surface area contributed by atoms with Gasteiger partial charge in [-0.1, -0.05) is 6.07 Å². The maximum Gasteiger partial charge on any atom is 0.357 e. The van der Waals surface area contributed by atoms with Gasteiger partial charge < -0.3 is 24.8 Å². The molecule has 1 aromatic rings. The van der Waals surface area contributed by atoms with Crippen LogP contribution in [-0.2, 0) is 9.47 Å². The minimum absolute atomic E-state index is 0.131. The molecule has 98 valence electrons. The normalized spacial score (nSPS) is 31.3. The van der Waals surface area contributed by atoms with Crippen LogP contribution in [0.3, 0.4) is 0 Å². The van der Waals surface area contributed by atoms with Gasteiger partial charge in [0, 0.05) is 6.20 Å². The van der Waals surface area contributed by atoms with Gasteiger partial charge in [0.1, 0.15) is 30.6 Å². The highest BCUT2D eigenvalue weighted by Crippen LogP contribution is 2.19. The molecule has 7 heteroatoms. The smallest absolute Gasteiger partial charge is 0.357 e. The second-order valence-electron chi connectivity index (χ2n) is 3.86. The third kappa shape index (κ3) is 2.65. The Morgan fingerprint density at radius 1 is 1.33 bits per heavy atom. The van der Waals surface area contributed by atoms with E-state index in [2.05, 4.69) is 4.98 Å². The van der Waals surface area contributed by atoms with Crippen LogP contribution in [0.4, 0.5) is 0 Å². The van der Waals surface area contributed by atoms with Crippen LogP contribution >= 0.6 is 0 Å². The summed E-state index contributed by atoms with van der Waals surface area (Å²) >= 11 is 0. The topological polar surface area (TPSA) is 109 Å². The molecule has 0 aliphatic carbocycles. The Kier molecular flexibility index (Phi) is 3.87. The fourth-order valence-electron chi connectivity index (χ4n) is 1.58. The standard InChI is InChI=1S/C11H13NO6/c13-8-7(18-11(16)9(8)14)5-17-10(15)6-3-1-2-4-12-6/h1-4,7-9,11,13-14,16H,5H2. The first-order valence-electron chi connectivity index (χ1n) is 5.37. The van der Waals surface area contributed by atoms with E-state index in [1.54, 1.807) is 12.1 Å².